The average Bonchev–Trinajstić information content (AvgIpc) is 3.76. The summed E-state index contributed by atoms with van der Waals surface area (Å²) in [6.07, 6.45) is 0. The molecule has 0 spiro atoms. The minimum Gasteiger partial charge on any atom is -0.456 e. The van der Waals surface area contributed by atoms with E-state index in [1.807, 2.05) is 97.1 Å². The van der Waals surface area contributed by atoms with Crippen LogP contribution in [0.3, 0.4) is 0 Å². The van der Waals surface area contributed by atoms with Gasteiger partial charge in [-0.25, -0.2) is 15.0 Å². The lowest BCUT2D eigenvalue weighted by Crippen LogP contribution is -2.01. The first kappa shape index (κ1) is 28.2. The van der Waals surface area contributed by atoms with Crippen LogP contribution in [-0.2, 0) is 0 Å². The van der Waals surface area contributed by atoms with Crippen LogP contribution >= 0.6 is 0 Å². The third-order valence-corrected chi connectivity index (χ3v) is 9.36. The molecule has 0 aliphatic rings. The van der Waals surface area contributed by atoms with Crippen LogP contribution in [0, 0.1) is 0 Å². The first-order chi connectivity index (χ1) is 24.7. The van der Waals surface area contributed by atoms with E-state index in [0.717, 1.165) is 82.8 Å². The van der Waals surface area contributed by atoms with Gasteiger partial charge in [0.1, 0.15) is 22.3 Å². The molecule has 10 aromatic rings. The summed E-state index contributed by atoms with van der Waals surface area (Å²) < 4.78 is 12.5. The predicted molar refractivity (Wildman–Crippen MR) is 202 cm³/mol. The molecule has 50 heavy (non-hydrogen) atoms. The number of rotatable bonds is 5. The zero-order valence-electron chi connectivity index (χ0n) is 26.7. The highest BCUT2D eigenvalue weighted by Gasteiger charge is 2.18. The molecule has 3 aromatic heterocycles. The minimum atomic E-state index is 0.601. The molecule has 5 nitrogen and oxygen atoms in total. The van der Waals surface area contributed by atoms with Crippen molar-refractivity contribution in [1.29, 1.82) is 0 Å². The lowest BCUT2D eigenvalue weighted by atomic mass is 9.93. The van der Waals surface area contributed by atoms with Crippen LogP contribution in [-0.4, -0.2) is 15.0 Å². The van der Waals surface area contributed by atoms with Gasteiger partial charge in [0.05, 0.1) is 0 Å². The third-order valence-electron chi connectivity index (χ3n) is 9.36. The van der Waals surface area contributed by atoms with Gasteiger partial charge in [0.25, 0.3) is 0 Å². The number of benzene rings is 7. The predicted octanol–water partition coefficient (Wildman–Crippen LogP) is 12.0. The van der Waals surface area contributed by atoms with E-state index in [0.29, 0.717) is 17.5 Å². The number of fused-ring (bicyclic) bond motifs is 6. The van der Waals surface area contributed by atoms with Gasteiger partial charge in [0.2, 0.25) is 0 Å². The lowest BCUT2D eigenvalue weighted by Gasteiger charge is -2.14. The molecule has 3 heterocycles. The highest BCUT2D eigenvalue weighted by Crippen LogP contribution is 2.40. The second-order valence-electron chi connectivity index (χ2n) is 12.4. The maximum atomic E-state index is 6.28. The van der Waals surface area contributed by atoms with Gasteiger partial charge in [0.15, 0.2) is 17.5 Å². The molecule has 0 N–H and O–H groups in total. The van der Waals surface area contributed by atoms with E-state index < -0.39 is 0 Å². The van der Waals surface area contributed by atoms with Crippen molar-refractivity contribution < 1.29 is 8.83 Å². The number of para-hydroxylation sites is 2. The summed E-state index contributed by atoms with van der Waals surface area (Å²) in [5.74, 6) is 1.84. The van der Waals surface area contributed by atoms with Crippen LogP contribution in [0.2, 0.25) is 0 Å². The van der Waals surface area contributed by atoms with Crippen molar-refractivity contribution in [2.45, 2.75) is 0 Å². The third kappa shape index (κ3) is 4.75. The highest BCUT2D eigenvalue weighted by molar-refractivity contribution is 6.07. The molecule has 5 heteroatoms. The summed E-state index contributed by atoms with van der Waals surface area (Å²) in [6, 6.07) is 55.8. The van der Waals surface area contributed by atoms with Crippen LogP contribution < -0.4 is 0 Å². The molecular weight excluding hydrogens is 615 g/mol. The second-order valence-corrected chi connectivity index (χ2v) is 12.4. The molecule has 0 unspecified atom stereocenters. The van der Waals surface area contributed by atoms with Crippen LogP contribution in [0.4, 0.5) is 0 Å². The largest absolute Gasteiger partial charge is 0.456 e. The zero-order valence-corrected chi connectivity index (χ0v) is 26.7. The van der Waals surface area contributed by atoms with Crippen LogP contribution in [0.25, 0.3) is 100 Å². The van der Waals surface area contributed by atoms with Crippen LogP contribution in [0.15, 0.2) is 173 Å². The quantitative estimate of drug-likeness (QED) is 0.187. The Balaban J connectivity index is 1.21. The molecule has 0 bridgehead atoms. The van der Waals surface area contributed by atoms with E-state index in [9.17, 15) is 0 Å². The molecule has 0 fully saturated rings. The molecule has 0 aliphatic carbocycles. The summed E-state index contributed by atoms with van der Waals surface area (Å²) in [5.41, 5.74) is 10.4. The van der Waals surface area contributed by atoms with Crippen molar-refractivity contribution in [3.63, 3.8) is 0 Å². The Morgan fingerprint density at radius 1 is 0.280 bits per heavy atom. The Morgan fingerprint density at radius 2 is 0.780 bits per heavy atom. The van der Waals surface area contributed by atoms with Crippen molar-refractivity contribution in [1.82, 2.24) is 15.0 Å². The maximum absolute atomic E-state index is 6.28. The van der Waals surface area contributed by atoms with Crippen molar-refractivity contribution in [2.75, 3.05) is 0 Å². The molecular formula is C45H27N3O2. The number of hydrogen-bond acceptors (Lipinski definition) is 5. The minimum absolute atomic E-state index is 0.601. The van der Waals surface area contributed by atoms with Gasteiger partial charge >= 0.3 is 0 Å². The first-order valence-electron chi connectivity index (χ1n) is 16.6. The monoisotopic (exact) mass is 641 g/mol. The molecule has 0 atom stereocenters. The average molecular weight is 642 g/mol. The van der Waals surface area contributed by atoms with E-state index in [1.54, 1.807) is 0 Å². The molecule has 0 amide bonds. The molecule has 7 aromatic carbocycles. The van der Waals surface area contributed by atoms with E-state index in [4.69, 9.17) is 23.8 Å². The molecule has 0 aliphatic heterocycles. The van der Waals surface area contributed by atoms with Crippen molar-refractivity contribution in [2.24, 2.45) is 0 Å². The van der Waals surface area contributed by atoms with Gasteiger partial charge in [0, 0.05) is 38.2 Å². The number of furan rings is 2. The Hall–Kier alpha value is -6.85. The number of hydrogen-bond donors (Lipinski definition) is 0. The summed E-state index contributed by atoms with van der Waals surface area (Å²) in [7, 11) is 0. The summed E-state index contributed by atoms with van der Waals surface area (Å²) in [5, 5.41) is 4.36. The fraction of sp³-hybridized carbons (Fsp3) is 0. The normalized spacial score (nSPS) is 11.6. The topological polar surface area (TPSA) is 65.0 Å². The van der Waals surface area contributed by atoms with E-state index in [-0.39, 0.29) is 0 Å². The van der Waals surface area contributed by atoms with E-state index in [1.165, 1.54) is 0 Å². The van der Waals surface area contributed by atoms with Crippen molar-refractivity contribution in [3.8, 4) is 56.4 Å². The first-order valence-corrected chi connectivity index (χ1v) is 16.6. The standard InChI is InChI=1S/C45H27N3O2/c1-3-11-28(12-4-1)43-46-44(29-13-5-2-6-14-29)48-45(47-43)36-23-20-30(31-19-22-35-33-15-7-9-17-39(33)50-42(35)27-31)25-37(36)32-21-24-41-38(26-32)34-16-8-10-18-40(34)49-41/h1-27H. The van der Waals surface area contributed by atoms with Crippen LogP contribution in [0.1, 0.15) is 0 Å². The lowest BCUT2D eigenvalue weighted by molar-refractivity contribution is 0.668. The number of aromatic nitrogens is 3. The molecule has 10 rings (SSSR count). The summed E-state index contributed by atoms with van der Waals surface area (Å²) in [4.78, 5) is 15.1. The zero-order chi connectivity index (χ0) is 33.0. The fourth-order valence-electron chi connectivity index (χ4n) is 6.89. The van der Waals surface area contributed by atoms with Gasteiger partial charge in [-0.1, -0.05) is 115 Å². The molecule has 0 saturated heterocycles. The Bertz CT molecular complexity index is 2810. The van der Waals surface area contributed by atoms with E-state index in [2.05, 4.69) is 66.7 Å². The highest BCUT2D eigenvalue weighted by atomic mass is 16.3. The van der Waals surface area contributed by atoms with Gasteiger partial charge < -0.3 is 8.83 Å². The SMILES string of the molecule is c1ccc(-c2nc(-c3ccccc3)nc(-c3ccc(-c4ccc5c(c4)oc4ccccc45)cc3-c3ccc4oc5ccccc5c4c3)n2)cc1. The Morgan fingerprint density at radius 3 is 1.48 bits per heavy atom. The summed E-state index contributed by atoms with van der Waals surface area (Å²) >= 11 is 0. The molecule has 234 valence electrons. The summed E-state index contributed by atoms with van der Waals surface area (Å²) in [6.45, 7) is 0. The van der Waals surface area contributed by atoms with Gasteiger partial charge in [-0.15, -0.1) is 0 Å². The van der Waals surface area contributed by atoms with Crippen LogP contribution in [0.5, 0.6) is 0 Å². The second kappa shape index (κ2) is 11.4. The maximum Gasteiger partial charge on any atom is 0.164 e. The van der Waals surface area contributed by atoms with Gasteiger partial charge in [-0.2, -0.15) is 0 Å². The molecule has 0 radical (unpaired) electrons. The van der Waals surface area contributed by atoms with Crippen molar-refractivity contribution >= 4 is 43.9 Å². The Kier molecular flexibility index (Phi) is 6.42. The van der Waals surface area contributed by atoms with Crippen molar-refractivity contribution in [3.05, 3.63) is 164 Å². The number of nitrogens with zero attached hydrogens (tertiary/aromatic N) is 3. The Labute approximate surface area is 287 Å². The molecule has 0 saturated carbocycles. The fourth-order valence-corrected chi connectivity index (χ4v) is 6.89. The van der Waals surface area contributed by atoms with Gasteiger partial charge in [-0.05, 0) is 70.8 Å². The smallest absolute Gasteiger partial charge is 0.164 e. The van der Waals surface area contributed by atoms with E-state index >= 15 is 0 Å². The van der Waals surface area contributed by atoms with Gasteiger partial charge in [-0.3, -0.25) is 0 Å².